The second kappa shape index (κ2) is 6.70. The average molecular weight is 458 g/mol. The van der Waals surface area contributed by atoms with E-state index in [0.717, 1.165) is 12.8 Å². The first-order valence-corrected chi connectivity index (χ1v) is 13.6. The summed E-state index contributed by atoms with van der Waals surface area (Å²) in [6, 6.07) is 4.24. The quantitative estimate of drug-likeness (QED) is 0.723. The number of amidine groups is 1. The number of fused-ring (bicyclic) bond motifs is 3. The molecular formula is C19H27N3O4S3. The van der Waals surface area contributed by atoms with Crippen molar-refractivity contribution in [1.29, 1.82) is 0 Å². The van der Waals surface area contributed by atoms with Gasteiger partial charge in [-0.1, -0.05) is 39.5 Å². The third kappa shape index (κ3) is 3.41. The monoisotopic (exact) mass is 457 g/mol. The second-order valence-electron chi connectivity index (χ2n) is 9.07. The number of aliphatic imine (C=N–C) groups is 1. The fraction of sp³-hybridized carbons (Fsp3) is 0.632. The summed E-state index contributed by atoms with van der Waals surface area (Å²) in [5.74, 6) is 0.609. The number of nitrogens with zero attached hydrogens (tertiary/aromatic N) is 1. The lowest BCUT2D eigenvalue weighted by atomic mass is 9.69. The minimum atomic E-state index is -3.89. The maximum atomic E-state index is 12.9. The lowest BCUT2D eigenvalue weighted by Gasteiger charge is -2.40. The van der Waals surface area contributed by atoms with E-state index in [1.165, 1.54) is 30.3 Å². The number of hydrogen-bond donors (Lipinski definition) is 2. The van der Waals surface area contributed by atoms with Gasteiger partial charge < -0.3 is 0 Å². The third-order valence-corrected chi connectivity index (χ3v) is 10.9. The van der Waals surface area contributed by atoms with Gasteiger partial charge in [0, 0.05) is 11.4 Å². The molecule has 3 aliphatic rings. The number of thioether (sulfide) groups is 1. The average Bonchev–Trinajstić information content (AvgIpc) is 3.09. The van der Waals surface area contributed by atoms with Crippen molar-refractivity contribution in [2.75, 3.05) is 6.54 Å². The van der Waals surface area contributed by atoms with Gasteiger partial charge in [-0.05, 0) is 54.2 Å². The molecule has 1 heterocycles. The fourth-order valence-electron chi connectivity index (χ4n) is 5.29. The summed E-state index contributed by atoms with van der Waals surface area (Å²) in [5, 5.41) is 0.367. The molecule has 1 aliphatic heterocycles. The molecule has 0 radical (unpaired) electrons. The molecule has 1 aromatic rings. The molecule has 0 aromatic heterocycles. The Labute approximate surface area is 177 Å². The Morgan fingerprint density at radius 2 is 2.03 bits per heavy atom. The summed E-state index contributed by atoms with van der Waals surface area (Å²) in [5.41, 5.74) is 0.118. The van der Waals surface area contributed by atoms with Crippen LogP contribution in [0.25, 0.3) is 0 Å². The first-order valence-electron chi connectivity index (χ1n) is 9.81. The smallest absolute Gasteiger partial charge is 0.258 e. The molecule has 3 unspecified atom stereocenters. The zero-order valence-electron chi connectivity index (χ0n) is 17.0. The van der Waals surface area contributed by atoms with E-state index in [1.54, 1.807) is 13.0 Å². The van der Waals surface area contributed by atoms with Crippen molar-refractivity contribution in [3.63, 3.8) is 0 Å². The molecule has 2 fully saturated rings. The number of sulfonamides is 2. The molecule has 160 valence electrons. The Morgan fingerprint density at radius 1 is 1.31 bits per heavy atom. The van der Waals surface area contributed by atoms with Crippen LogP contribution in [0.15, 0.2) is 37.9 Å². The largest absolute Gasteiger partial charge is 0.264 e. The van der Waals surface area contributed by atoms with Crippen LogP contribution in [0, 0.1) is 16.7 Å². The van der Waals surface area contributed by atoms with Crippen LogP contribution in [0.4, 0.5) is 0 Å². The molecule has 0 saturated heterocycles. The van der Waals surface area contributed by atoms with Gasteiger partial charge in [0.1, 0.15) is 4.90 Å². The summed E-state index contributed by atoms with van der Waals surface area (Å²) in [7, 11) is -7.63. The molecule has 4 rings (SSSR count). The van der Waals surface area contributed by atoms with Crippen LogP contribution in [0.3, 0.4) is 0 Å². The van der Waals surface area contributed by atoms with Gasteiger partial charge in [-0.15, -0.1) is 0 Å². The third-order valence-electron chi connectivity index (χ3n) is 6.72. The van der Waals surface area contributed by atoms with E-state index in [1.807, 2.05) is 0 Å². The SMILES string of the molecule is CCNS(=O)(=O)c1ccc2c(c1)S(=O)(=O)NC(=NC1C3(C)CCC(C3)C1(C)C)S2. The van der Waals surface area contributed by atoms with Gasteiger partial charge in [0.25, 0.3) is 10.0 Å². The van der Waals surface area contributed by atoms with E-state index < -0.39 is 20.0 Å². The molecule has 0 amide bonds. The predicted molar refractivity (Wildman–Crippen MR) is 114 cm³/mol. The van der Waals surface area contributed by atoms with Crippen LogP contribution in [0.1, 0.15) is 47.0 Å². The Kier molecular flexibility index (Phi) is 4.88. The fourth-order valence-corrected chi connectivity index (χ4v) is 9.05. The molecule has 2 bridgehead atoms. The molecule has 2 aliphatic carbocycles. The van der Waals surface area contributed by atoms with Crippen LogP contribution in [0.5, 0.6) is 0 Å². The Bertz CT molecular complexity index is 1090. The summed E-state index contributed by atoms with van der Waals surface area (Å²) < 4.78 is 55.2. The minimum absolute atomic E-state index is 0.0238. The van der Waals surface area contributed by atoms with E-state index in [-0.39, 0.29) is 33.2 Å². The highest BCUT2D eigenvalue weighted by Crippen LogP contribution is 2.63. The van der Waals surface area contributed by atoms with Gasteiger partial charge in [0.05, 0.1) is 10.9 Å². The van der Waals surface area contributed by atoms with Gasteiger partial charge in [0.2, 0.25) is 10.0 Å². The lowest BCUT2D eigenvalue weighted by Crippen LogP contribution is -2.42. The van der Waals surface area contributed by atoms with E-state index in [2.05, 4.69) is 30.2 Å². The van der Waals surface area contributed by atoms with Crippen LogP contribution < -0.4 is 9.44 Å². The van der Waals surface area contributed by atoms with E-state index in [9.17, 15) is 16.8 Å². The summed E-state index contributed by atoms with van der Waals surface area (Å²) in [4.78, 5) is 5.29. The highest BCUT2D eigenvalue weighted by molar-refractivity contribution is 8.16. The predicted octanol–water partition coefficient (Wildman–Crippen LogP) is 2.94. The molecule has 1 aromatic carbocycles. The van der Waals surface area contributed by atoms with Crippen molar-refractivity contribution < 1.29 is 16.8 Å². The summed E-state index contributed by atoms with van der Waals surface area (Å²) in [6.07, 6.45) is 3.44. The number of nitrogens with one attached hydrogen (secondary N) is 2. The van der Waals surface area contributed by atoms with E-state index in [4.69, 9.17) is 4.99 Å². The molecule has 29 heavy (non-hydrogen) atoms. The Morgan fingerprint density at radius 3 is 2.66 bits per heavy atom. The van der Waals surface area contributed by atoms with Crippen LogP contribution in [-0.2, 0) is 20.0 Å². The van der Waals surface area contributed by atoms with Gasteiger partial charge in [-0.3, -0.25) is 9.71 Å². The molecule has 3 atom stereocenters. The molecule has 10 heteroatoms. The second-order valence-corrected chi connectivity index (χ2v) is 13.5. The molecular weight excluding hydrogens is 430 g/mol. The normalized spacial score (nSPS) is 33.4. The van der Waals surface area contributed by atoms with E-state index in [0.29, 0.717) is 16.0 Å². The van der Waals surface area contributed by atoms with Gasteiger partial charge in [-0.25, -0.2) is 21.6 Å². The van der Waals surface area contributed by atoms with Crippen molar-refractivity contribution in [2.45, 2.75) is 67.7 Å². The molecule has 7 nitrogen and oxygen atoms in total. The number of rotatable bonds is 4. The van der Waals surface area contributed by atoms with Gasteiger partial charge in [0.15, 0.2) is 5.17 Å². The zero-order valence-corrected chi connectivity index (χ0v) is 19.5. The Hall–Kier alpha value is -1.10. The van der Waals surface area contributed by atoms with Crippen molar-refractivity contribution in [2.24, 2.45) is 21.7 Å². The lowest BCUT2D eigenvalue weighted by molar-refractivity contribution is 0.142. The number of hydrogen-bond acceptors (Lipinski definition) is 6. The first kappa shape index (κ1) is 21.1. The van der Waals surface area contributed by atoms with Crippen molar-refractivity contribution in [3.8, 4) is 0 Å². The maximum Gasteiger partial charge on any atom is 0.264 e. The molecule has 0 spiro atoms. The summed E-state index contributed by atoms with van der Waals surface area (Å²) >= 11 is 1.25. The zero-order chi connectivity index (χ0) is 21.2. The molecule has 2 saturated carbocycles. The van der Waals surface area contributed by atoms with Crippen molar-refractivity contribution >= 4 is 37.0 Å². The maximum absolute atomic E-state index is 12.9. The van der Waals surface area contributed by atoms with Gasteiger partial charge in [-0.2, -0.15) is 0 Å². The minimum Gasteiger partial charge on any atom is -0.258 e. The highest BCUT2D eigenvalue weighted by Gasteiger charge is 2.59. The van der Waals surface area contributed by atoms with Crippen molar-refractivity contribution in [1.82, 2.24) is 9.44 Å². The summed E-state index contributed by atoms with van der Waals surface area (Å²) in [6.45, 7) is 8.61. The highest BCUT2D eigenvalue weighted by atomic mass is 32.2. The van der Waals surface area contributed by atoms with Crippen LogP contribution >= 0.6 is 11.8 Å². The standard InChI is InChI=1S/C19H27N3O4S3/c1-5-20-28(23,24)13-6-7-14-15(10-13)29(25,26)22-17(27-14)21-16-18(2,3)12-8-9-19(16,4)11-12/h6-7,10,12,16,20H,5,8-9,11H2,1-4H3,(H,21,22). The number of benzene rings is 1. The Balaban J connectivity index is 1.71. The first-order chi connectivity index (χ1) is 13.4. The van der Waals surface area contributed by atoms with Crippen LogP contribution in [0.2, 0.25) is 0 Å². The van der Waals surface area contributed by atoms with E-state index >= 15 is 0 Å². The van der Waals surface area contributed by atoms with Crippen LogP contribution in [-0.4, -0.2) is 34.6 Å². The van der Waals surface area contributed by atoms with Crippen molar-refractivity contribution in [3.05, 3.63) is 18.2 Å². The van der Waals surface area contributed by atoms with Gasteiger partial charge >= 0.3 is 0 Å². The topological polar surface area (TPSA) is 105 Å². The molecule has 2 N–H and O–H groups in total.